The fraction of sp³-hybridized carbons (Fsp3) is 0.462. The molecule has 6 heteroatoms. The molecule has 0 spiro atoms. The van der Waals surface area contributed by atoms with Crippen LogP contribution in [0.2, 0.25) is 0 Å². The van der Waals surface area contributed by atoms with Gasteiger partial charge in [-0.25, -0.2) is 0 Å². The molecule has 0 aliphatic heterocycles. The summed E-state index contributed by atoms with van der Waals surface area (Å²) in [5.74, 6) is 0. The van der Waals surface area contributed by atoms with Gasteiger partial charge in [-0.05, 0) is 0 Å². The third-order valence-electron chi connectivity index (χ3n) is 6.07. The van der Waals surface area contributed by atoms with Crippen LogP contribution in [-0.4, -0.2) is 55.8 Å². The average Bonchev–Trinajstić information content (AvgIpc) is 3.63. The van der Waals surface area contributed by atoms with Crippen molar-refractivity contribution in [3.05, 3.63) is 72.9 Å². The van der Waals surface area contributed by atoms with Crippen LogP contribution >= 0.6 is 35.4 Å². The van der Waals surface area contributed by atoms with Crippen LogP contribution in [0, 0.1) is 0 Å². The minimum absolute atomic E-state index is 0.773. The summed E-state index contributed by atoms with van der Waals surface area (Å²) in [6.45, 7) is 0. The molecule has 0 aromatic heterocycles. The molecule has 0 heterocycles. The van der Waals surface area contributed by atoms with Crippen molar-refractivity contribution in [2.24, 2.45) is 0 Å². The van der Waals surface area contributed by atoms with Gasteiger partial charge in [0.1, 0.15) is 0 Å². The van der Waals surface area contributed by atoms with Gasteiger partial charge in [-0.3, -0.25) is 0 Å². The van der Waals surface area contributed by atoms with E-state index < -0.39 is 34.8 Å². The predicted molar refractivity (Wildman–Crippen MR) is 156 cm³/mol. The fourth-order valence-corrected chi connectivity index (χ4v) is 43.4. The molecule has 0 radical (unpaired) electrons. The first-order chi connectivity index (χ1) is 15.8. The van der Waals surface area contributed by atoms with Gasteiger partial charge in [0.15, 0.2) is 0 Å². The summed E-state index contributed by atoms with van der Waals surface area (Å²) in [5.41, 5.74) is 0. The Labute approximate surface area is 219 Å². The number of benzene rings is 1. The summed E-state index contributed by atoms with van der Waals surface area (Å²) >= 11 is -3.25. The Morgan fingerprint density at radius 2 is 0.750 bits per heavy atom. The molecule has 0 nitrogen and oxygen atoms in total. The topological polar surface area (TPSA) is 0 Å². The number of allylic oxidation sites excluding steroid dienone is 4. The average molecular weight is 716 g/mol. The van der Waals surface area contributed by atoms with Crippen LogP contribution in [0.15, 0.2) is 72.9 Å². The molecule has 4 aliphatic rings. The molecule has 0 N–H and O–H groups in total. The van der Waals surface area contributed by atoms with Crippen LogP contribution in [0.5, 0.6) is 0 Å². The summed E-state index contributed by atoms with van der Waals surface area (Å²) in [5, 5.41) is 3.09. The van der Waals surface area contributed by atoms with Gasteiger partial charge < -0.3 is 0 Å². The first-order valence-electron chi connectivity index (χ1n) is 11.9. The number of rotatable bonds is 10. The number of hydrogen-bond acceptors (Lipinski definition) is 4. The monoisotopic (exact) mass is 714 g/mol. The zero-order valence-corrected chi connectivity index (χ0v) is 26.8. The van der Waals surface area contributed by atoms with E-state index in [1.165, 1.54) is 51.4 Å². The van der Waals surface area contributed by atoms with E-state index in [1.54, 1.807) is 7.02 Å². The second-order valence-electron chi connectivity index (χ2n) is 8.63. The van der Waals surface area contributed by atoms with Crippen LogP contribution in [0.4, 0.5) is 0 Å². The van der Waals surface area contributed by atoms with Crippen molar-refractivity contribution in [2.45, 2.75) is 72.4 Å². The third-order valence-corrected chi connectivity index (χ3v) is 42.0. The Hall–Kier alpha value is 1.22. The van der Waals surface area contributed by atoms with Crippen LogP contribution in [0.3, 0.4) is 0 Å². The van der Waals surface area contributed by atoms with Gasteiger partial charge in [0.2, 0.25) is 0 Å². The Kier molecular flexibility index (Phi) is 10.1. The summed E-state index contributed by atoms with van der Waals surface area (Å²) < 4.78 is 3.42. The van der Waals surface area contributed by atoms with Gasteiger partial charge in [-0.1, -0.05) is 0 Å². The second-order valence-corrected chi connectivity index (χ2v) is 37.9. The molecular formula is C26H32S4Sb2. The summed E-state index contributed by atoms with van der Waals surface area (Å²) in [4.78, 5) is 0. The summed E-state index contributed by atoms with van der Waals surface area (Å²) in [6, 6.07) is 10.3. The zero-order chi connectivity index (χ0) is 21.6. The van der Waals surface area contributed by atoms with Crippen molar-refractivity contribution in [3.63, 3.8) is 0 Å². The van der Waals surface area contributed by atoms with Crippen LogP contribution < -0.4 is 7.02 Å². The zero-order valence-electron chi connectivity index (χ0n) is 18.4. The van der Waals surface area contributed by atoms with Crippen molar-refractivity contribution in [1.82, 2.24) is 0 Å². The van der Waals surface area contributed by atoms with E-state index in [1.807, 2.05) is 0 Å². The standard InChI is InChI=1S/C6H4.4C5H8S.2Sb/c1-2-4-6-5-3-1;4*6-5-3-1-2-4-5;;/h1-2,5-6H;4*1,3,5-6H,2,4H2;;/q;;;;;2*+2/p-4. The maximum absolute atomic E-state index is 2.57. The molecular weight excluding hydrogens is 684 g/mol. The van der Waals surface area contributed by atoms with E-state index in [4.69, 9.17) is 0 Å². The molecule has 0 saturated heterocycles. The van der Waals surface area contributed by atoms with Gasteiger partial charge >= 0.3 is 222 Å². The van der Waals surface area contributed by atoms with Gasteiger partial charge in [0.05, 0.1) is 0 Å². The number of hydrogen-bond donors (Lipinski definition) is 0. The second kappa shape index (κ2) is 13.0. The maximum atomic E-state index is 2.57. The molecule has 0 amide bonds. The molecule has 0 bridgehead atoms. The molecule has 4 aliphatic carbocycles. The quantitative estimate of drug-likeness (QED) is 0.191. The van der Waals surface area contributed by atoms with Crippen LogP contribution in [0.1, 0.15) is 51.4 Å². The fourth-order valence-electron chi connectivity index (χ4n) is 4.25. The Morgan fingerprint density at radius 3 is 0.969 bits per heavy atom. The SMILES string of the molecule is C1=CC([S][Sb]([S]C2C=CCC2)[c]2cc[c]([Sb]([S]C3C=CCC3)[S]C3C=CCC3)cc2)CC1. The third kappa shape index (κ3) is 7.13. The molecule has 5 rings (SSSR count). The van der Waals surface area contributed by atoms with Crippen molar-refractivity contribution < 1.29 is 0 Å². The normalized spacial score (nSPS) is 28.8. The van der Waals surface area contributed by atoms with E-state index in [0.717, 1.165) is 21.0 Å². The Bertz CT molecular complexity index is 744. The molecule has 1 aromatic rings. The van der Waals surface area contributed by atoms with Crippen molar-refractivity contribution in [1.29, 1.82) is 0 Å². The van der Waals surface area contributed by atoms with Crippen molar-refractivity contribution >= 4 is 77.2 Å². The van der Waals surface area contributed by atoms with E-state index >= 15 is 0 Å². The Balaban J connectivity index is 1.31. The van der Waals surface area contributed by atoms with E-state index in [0.29, 0.717) is 0 Å². The summed E-state index contributed by atoms with van der Waals surface area (Å²) in [6.07, 6.45) is 30.2. The van der Waals surface area contributed by atoms with Gasteiger partial charge in [-0.15, -0.1) is 0 Å². The molecule has 0 saturated carbocycles. The first kappa shape index (κ1) is 24.9. The van der Waals surface area contributed by atoms with E-state index in [-0.39, 0.29) is 0 Å². The first-order valence-corrected chi connectivity index (χ1v) is 30.3. The molecule has 32 heavy (non-hydrogen) atoms. The van der Waals surface area contributed by atoms with Gasteiger partial charge in [0, 0.05) is 0 Å². The van der Waals surface area contributed by atoms with E-state index in [9.17, 15) is 0 Å². The van der Waals surface area contributed by atoms with Crippen molar-refractivity contribution in [3.8, 4) is 0 Å². The van der Waals surface area contributed by atoms with E-state index in [2.05, 4.69) is 108 Å². The van der Waals surface area contributed by atoms with Crippen LogP contribution in [0.25, 0.3) is 0 Å². The minimum atomic E-state index is -1.62. The predicted octanol–water partition coefficient (Wildman–Crippen LogP) is 6.88. The molecule has 4 unspecified atom stereocenters. The molecule has 0 fully saturated rings. The molecule has 1 aromatic carbocycles. The van der Waals surface area contributed by atoms with Crippen LogP contribution in [-0.2, 0) is 0 Å². The Morgan fingerprint density at radius 1 is 0.469 bits per heavy atom. The van der Waals surface area contributed by atoms with Crippen molar-refractivity contribution in [2.75, 3.05) is 0 Å². The summed E-state index contributed by atoms with van der Waals surface area (Å²) in [7, 11) is 9.48. The van der Waals surface area contributed by atoms with Gasteiger partial charge in [0.25, 0.3) is 0 Å². The molecule has 170 valence electrons. The van der Waals surface area contributed by atoms with Gasteiger partial charge in [-0.2, -0.15) is 0 Å². The molecule has 4 atom stereocenters.